The van der Waals surface area contributed by atoms with Crippen LogP contribution in [-0.4, -0.2) is 17.1 Å². The van der Waals surface area contributed by atoms with Gasteiger partial charge in [0.1, 0.15) is 0 Å². The van der Waals surface area contributed by atoms with Gasteiger partial charge in [0.25, 0.3) is 0 Å². The van der Waals surface area contributed by atoms with Gasteiger partial charge in [-0.05, 0) is 38.7 Å². The molecular formula is C16H28FN3. The number of anilines is 1. The second-order valence-electron chi connectivity index (χ2n) is 7.11. The van der Waals surface area contributed by atoms with Gasteiger partial charge in [-0.25, -0.2) is 9.37 Å². The van der Waals surface area contributed by atoms with Gasteiger partial charge in [0.15, 0.2) is 11.6 Å². The smallest absolute Gasteiger partial charge is 0.169 e. The van der Waals surface area contributed by atoms with E-state index in [4.69, 9.17) is 0 Å². The van der Waals surface area contributed by atoms with Crippen molar-refractivity contribution in [2.45, 2.75) is 60.0 Å². The molecular weight excluding hydrogens is 253 g/mol. The highest BCUT2D eigenvalue weighted by Gasteiger charge is 2.17. The minimum Gasteiger partial charge on any atom is -0.367 e. The van der Waals surface area contributed by atoms with Crippen molar-refractivity contribution in [3.05, 3.63) is 23.6 Å². The summed E-state index contributed by atoms with van der Waals surface area (Å²) in [4.78, 5) is 4.11. The Bertz CT molecular complexity index is 436. The fraction of sp³-hybridized carbons (Fsp3) is 0.688. The number of nitrogens with one attached hydrogen (secondary N) is 2. The Kier molecular flexibility index (Phi) is 5.51. The number of rotatable bonds is 6. The molecule has 0 aliphatic rings. The van der Waals surface area contributed by atoms with E-state index in [0.717, 1.165) is 6.42 Å². The van der Waals surface area contributed by atoms with E-state index in [-0.39, 0.29) is 16.8 Å². The maximum Gasteiger partial charge on any atom is 0.169 e. The van der Waals surface area contributed by atoms with Crippen molar-refractivity contribution in [3.8, 4) is 0 Å². The van der Waals surface area contributed by atoms with Crippen LogP contribution in [0.25, 0.3) is 0 Å². The van der Waals surface area contributed by atoms with Gasteiger partial charge in [0.05, 0.1) is 0 Å². The lowest BCUT2D eigenvalue weighted by atomic mass is 9.90. The van der Waals surface area contributed by atoms with Crippen LogP contribution in [0.4, 0.5) is 10.2 Å². The number of aromatic nitrogens is 1. The monoisotopic (exact) mass is 281 g/mol. The van der Waals surface area contributed by atoms with Gasteiger partial charge >= 0.3 is 0 Å². The second-order valence-corrected chi connectivity index (χ2v) is 7.11. The van der Waals surface area contributed by atoms with E-state index in [1.165, 1.54) is 0 Å². The van der Waals surface area contributed by atoms with Crippen LogP contribution >= 0.6 is 0 Å². The van der Waals surface area contributed by atoms with Crippen molar-refractivity contribution in [2.75, 3.05) is 11.9 Å². The summed E-state index contributed by atoms with van der Waals surface area (Å²) in [6.07, 6.45) is 2.69. The molecule has 114 valence electrons. The Hall–Kier alpha value is -1.16. The molecule has 3 nitrogen and oxygen atoms in total. The molecule has 2 N–H and O–H groups in total. The third-order valence-corrected chi connectivity index (χ3v) is 3.47. The molecule has 1 aromatic heterocycles. The largest absolute Gasteiger partial charge is 0.367 e. The molecule has 0 aliphatic carbocycles. The first kappa shape index (κ1) is 16.9. The summed E-state index contributed by atoms with van der Waals surface area (Å²) in [5.41, 5.74) is 0.744. The first-order valence-corrected chi connectivity index (χ1v) is 7.27. The van der Waals surface area contributed by atoms with Crippen LogP contribution in [0, 0.1) is 11.2 Å². The predicted octanol–water partition coefficient (Wildman–Crippen LogP) is 3.96. The minimum absolute atomic E-state index is 0.0342. The molecule has 1 rings (SSSR count). The number of nitrogens with zero attached hydrogens (tertiary/aromatic N) is 1. The van der Waals surface area contributed by atoms with Crippen molar-refractivity contribution in [1.82, 2.24) is 10.3 Å². The SMILES string of the molecule is CCC(C)(C)CNc1nccc(CNC(C)(C)C)c1F. The van der Waals surface area contributed by atoms with Gasteiger partial charge in [-0.15, -0.1) is 0 Å². The third-order valence-electron chi connectivity index (χ3n) is 3.47. The van der Waals surface area contributed by atoms with Gasteiger partial charge in [0, 0.05) is 30.4 Å². The molecule has 1 heterocycles. The van der Waals surface area contributed by atoms with Gasteiger partial charge in [-0.2, -0.15) is 0 Å². The summed E-state index contributed by atoms with van der Waals surface area (Å²) < 4.78 is 14.4. The lowest BCUT2D eigenvalue weighted by molar-refractivity contribution is 0.375. The third kappa shape index (κ3) is 5.45. The van der Waals surface area contributed by atoms with Crippen LogP contribution in [0.15, 0.2) is 12.3 Å². The molecule has 0 aliphatic heterocycles. The standard InChI is InChI=1S/C16H28FN3/c1-7-16(5,6)11-19-14-13(17)12(8-9-18-14)10-20-15(2,3)4/h8-9,20H,7,10-11H2,1-6H3,(H,18,19). The highest BCUT2D eigenvalue weighted by atomic mass is 19.1. The normalized spacial score (nSPS) is 12.6. The van der Waals surface area contributed by atoms with Crippen LogP contribution < -0.4 is 10.6 Å². The molecule has 0 amide bonds. The summed E-state index contributed by atoms with van der Waals surface area (Å²) >= 11 is 0. The molecule has 4 heteroatoms. The molecule has 0 radical (unpaired) electrons. The highest BCUT2D eigenvalue weighted by Crippen LogP contribution is 2.22. The maximum absolute atomic E-state index is 14.4. The van der Waals surface area contributed by atoms with Gasteiger partial charge in [-0.1, -0.05) is 20.8 Å². The first-order valence-electron chi connectivity index (χ1n) is 7.27. The van der Waals surface area contributed by atoms with Crippen molar-refractivity contribution in [3.63, 3.8) is 0 Å². The van der Waals surface area contributed by atoms with Crippen molar-refractivity contribution in [2.24, 2.45) is 5.41 Å². The molecule has 20 heavy (non-hydrogen) atoms. The Balaban J connectivity index is 2.75. The average Bonchev–Trinajstić information content (AvgIpc) is 2.35. The molecule has 1 aromatic rings. The zero-order chi connectivity index (χ0) is 15.4. The average molecular weight is 281 g/mol. The van der Waals surface area contributed by atoms with Crippen LogP contribution in [-0.2, 0) is 6.54 Å². The van der Waals surface area contributed by atoms with Crippen LogP contribution in [0.3, 0.4) is 0 Å². The predicted molar refractivity (Wildman–Crippen MR) is 83.3 cm³/mol. The van der Waals surface area contributed by atoms with Crippen molar-refractivity contribution >= 4 is 5.82 Å². The van der Waals surface area contributed by atoms with E-state index in [1.807, 2.05) is 0 Å². The number of hydrogen-bond acceptors (Lipinski definition) is 3. The zero-order valence-electron chi connectivity index (χ0n) is 13.6. The first-order chi connectivity index (χ1) is 9.14. The van der Waals surface area contributed by atoms with E-state index in [1.54, 1.807) is 12.3 Å². The van der Waals surface area contributed by atoms with E-state index in [0.29, 0.717) is 24.5 Å². The summed E-state index contributed by atoms with van der Waals surface area (Å²) in [6.45, 7) is 13.9. The second kappa shape index (κ2) is 6.53. The number of hydrogen-bond donors (Lipinski definition) is 2. The van der Waals surface area contributed by atoms with Crippen LogP contribution in [0.5, 0.6) is 0 Å². The van der Waals surface area contributed by atoms with E-state index < -0.39 is 0 Å². The fourth-order valence-electron chi connectivity index (χ4n) is 1.55. The molecule has 0 spiro atoms. The molecule has 0 fully saturated rings. The van der Waals surface area contributed by atoms with E-state index >= 15 is 0 Å². The summed E-state index contributed by atoms with van der Waals surface area (Å²) in [6, 6.07) is 1.73. The van der Waals surface area contributed by atoms with Gasteiger partial charge in [0.2, 0.25) is 0 Å². The van der Waals surface area contributed by atoms with Gasteiger partial charge in [-0.3, -0.25) is 0 Å². The Morgan fingerprint density at radius 3 is 2.40 bits per heavy atom. The molecule has 0 aromatic carbocycles. The van der Waals surface area contributed by atoms with Crippen molar-refractivity contribution < 1.29 is 4.39 Å². The minimum atomic E-state index is -0.254. The molecule has 0 atom stereocenters. The Morgan fingerprint density at radius 2 is 1.85 bits per heavy atom. The maximum atomic E-state index is 14.4. The molecule has 0 bridgehead atoms. The summed E-state index contributed by atoms with van der Waals surface area (Å²) in [5.74, 6) is 0.0934. The lowest BCUT2D eigenvalue weighted by Gasteiger charge is -2.24. The Labute approximate surface area is 122 Å². The Morgan fingerprint density at radius 1 is 1.20 bits per heavy atom. The topological polar surface area (TPSA) is 37.0 Å². The number of pyridine rings is 1. The van der Waals surface area contributed by atoms with Crippen molar-refractivity contribution in [1.29, 1.82) is 0 Å². The summed E-state index contributed by atoms with van der Waals surface area (Å²) in [5, 5.41) is 6.42. The highest BCUT2D eigenvalue weighted by molar-refractivity contribution is 5.40. The molecule has 0 saturated heterocycles. The van der Waals surface area contributed by atoms with E-state index in [2.05, 4.69) is 57.2 Å². The van der Waals surface area contributed by atoms with Crippen LogP contribution in [0.2, 0.25) is 0 Å². The quantitative estimate of drug-likeness (QED) is 0.829. The lowest BCUT2D eigenvalue weighted by Crippen LogP contribution is -2.35. The van der Waals surface area contributed by atoms with Crippen LogP contribution in [0.1, 0.15) is 53.5 Å². The zero-order valence-corrected chi connectivity index (χ0v) is 13.6. The number of halogens is 1. The van der Waals surface area contributed by atoms with Gasteiger partial charge < -0.3 is 10.6 Å². The molecule has 0 unspecified atom stereocenters. The van der Waals surface area contributed by atoms with E-state index in [9.17, 15) is 4.39 Å². The fourth-order valence-corrected chi connectivity index (χ4v) is 1.55. The summed E-state index contributed by atoms with van der Waals surface area (Å²) in [7, 11) is 0. The molecule has 0 saturated carbocycles.